The third-order valence-electron chi connectivity index (χ3n) is 3.30. The second-order valence-electron chi connectivity index (χ2n) is 5.99. The van der Waals surface area contributed by atoms with Crippen molar-refractivity contribution in [2.24, 2.45) is 0 Å². The third-order valence-corrected chi connectivity index (χ3v) is 3.30. The van der Waals surface area contributed by atoms with E-state index in [1.54, 1.807) is 18.7 Å². The molecule has 0 bridgehead atoms. The van der Waals surface area contributed by atoms with Crippen LogP contribution in [0.15, 0.2) is 24.3 Å². The van der Waals surface area contributed by atoms with Crippen LogP contribution in [-0.4, -0.2) is 34.6 Å². The number of nitrogens with two attached hydrogens (primary N) is 1. The monoisotopic (exact) mass is 278 g/mol. The van der Waals surface area contributed by atoms with E-state index in [0.29, 0.717) is 19.5 Å². The summed E-state index contributed by atoms with van der Waals surface area (Å²) in [4.78, 5) is 14.0. The molecule has 1 amide bonds. The number of rotatable bonds is 6. The Balaban J connectivity index is 2.66. The van der Waals surface area contributed by atoms with E-state index in [1.807, 2.05) is 38.1 Å². The van der Waals surface area contributed by atoms with Crippen molar-refractivity contribution in [1.82, 2.24) is 4.90 Å². The first-order valence-electron chi connectivity index (χ1n) is 7.08. The van der Waals surface area contributed by atoms with E-state index < -0.39 is 5.60 Å². The average molecular weight is 278 g/mol. The van der Waals surface area contributed by atoms with E-state index in [1.165, 1.54) is 0 Å². The van der Waals surface area contributed by atoms with Gasteiger partial charge in [0.25, 0.3) is 0 Å². The molecule has 0 aliphatic rings. The van der Waals surface area contributed by atoms with Crippen molar-refractivity contribution in [3.05, 3.63) is 29.8 Å². The number of anilines is 1. The lowest BCUT2D eigenvalue weighted by molar-refractivity contribution is -0.134. The smallest absolute Gasteiger partial charge is 0.223 e. The number of benzene rings is 1. The fourth-order valence-electron chi connectivity index (χ4n) is 2.18. The number of carbonyl (C=O) groups is 1. The lowest BCUT2D eigenvalue weighted by Crippen LogP contribution is -2.42. The molecule has 0 spiro atoms. The van der Waals surface area contributed by atoms with Crippen molar-refractivity contribution in [3.8, 4) is 0 Å². The first-order valence-corrected chi connectivity index (χ1v) is 7.08. The first-order chi connectivity index (χ1) is 9.23. The zero-order chi connectivity index (χ0) is 15.3. The van der Waals surface area contributed by atoms with Gasteiger partial charge in [0, 0.05) is 25.2 Å². The molecule has 0 aliphatic carbocycles. The maximum absolute atomic E-state index is 12.3. The fraction of sp³-hybridized carbons (Fsp3) is 0.562. The van der Waals surface area contributed by atoms with Gasteiger partial charge in [-0.25, -0.2) is 0 Å². The van der Waals surface area contributed by atoms with Crippen LogP contribution in [0.4, 0.5) is 5.69 Å². The number of likely N-dealkylation sites (N-methyl/N-ethyl adjacent to an activating group) is 1. The van der Waals surface area contributed by atoms with Gasteiger partial charge in [-0.3, -0.25) is 4.79 Å². The van der Waals surface area contributed by atoms with Crippen molar-refractivity contribution in [2.45, 2.75) is 45.6 Å². The Morgan fingerprint density at radius 1 is 1.35 bits per heavy atom. The second-order valence-corrected chi connectivity index (χ2v) is 5.99. The first kappa shape index (κ1) is 16.5. The summed E-state index contributed by atoms with van der Waals surface area (Å²) in [6.45, 7) is 8.35. The summed E-state index contributed by atoms with van der Waals surface area (Å²) < 4.78 is 0. The van der Waals surface area contributed by atoms with E-state index in [0.717, 1.165) is 11.3 Å². The van der Waals surface area contributed by atoms with Crippen molar-refractivity contribution < 1.29 is 9.90 Å². The molecular formula is C16H26N2O2. The average Bonchev–Trinajstić information content (AvgIpc) is 2.35. The predicted octanol–water partition coefficient (Wildman–Crippen LogP) is 2.38. The van der Waals surface area contributed by atoms with Crippen molar-refractivity contribution in [1.29, 1.82) is 0 Å². The van der Waals surface area contributed by atoms with Crippen molar-refractivity contribution >= 4 is 11.6 Å². The normalized spacial score (nSPS) is 13.1. The van der Waals surface area contributed by atoms with Crippen LogP contribution in [0.3, 0.4) is 0 Å². The summed E-state index contributed by atoms with van der Waals surface area (Å²) >= 11 is 0. The van der Waals surface area contributed by atoms with Crippen LogP contribution in [-0.2, 0) is 4.79 Å². The summed E-state index contributed by atoms with van der Waals surface area (Å²) in [5.74, 6) is 0.206. The minimum atomic E-state index is -0.865. The number of amides is 1. The van der Waals surface area contributed by atoms with Crippen LogP contribution in [0, 0.1) is 0 Å². The maximum atomic E-state index is 12.3. The van der Waals surface area contributed by atoms with Gasteiger partial charge in [-0.05, 0) is 44.4 Å². The predicted molar refractivity (Wildman–Crippen MR) is 82.4 cm³/mol. The summed E-state index contributed by atoms with van der Waals surface area (Å²) in [5.41, 5.74) is 6.63. The molecule has 0 aliphatic heterocycles. The number of aliphatic hydroxyl groups is 1. The molecule has 0 aromatic heterocycles. The van der Waals surface area contributed by atoms with Gasteiger partial charge in [-0.2, -0.15) is 0 Å². The van der Waals surface area contributed by atoms with Crippen molar-refractivity contribution in [3.63, 3.8) is 0 Å². The van der Waals surface area contributed by atoms with Gasteiger partial charge in [-0.1, -0.05) is 19.1 Å². The van der Waals surface area contributed by atoms with E-state index >= 15 is 0 Å². The molecule has 1 unspecified atom stereocenters. The van der Waals surface area contributed by atoms with Crippen LogP contribution in [0.25, 0.3) is 0 Å². The lowest BCUT2D eigenvalue weighted by atomic mass is 9.96. The topological polar surface area (TPSA) is 66.6 Å². The highest BCUT2D eigenvalue weighted by molar-refractivity contribution is 5.77. The third kappa shape index (κ3) is 5.21. The SMILES string of the molecule is CCN(CC(C)(C)O)C(=O)CC(C)c1ccc(N)cc1. The Hall–Kier alpha value is -1.55. The van der Waals surface area contributed by atoms with Crippen LogP contribution in [0.5, 0.6) is 0 Å². The quantitative estimate of drug-likeness (QED) is 0.785. The van der Waals surface area contributed by atoms with Gasteiger partial charge < -0.3 is 15.7 Å². The number of carbonyl (C=O) groups excluding carboxylic acids is 1. The molecule has 0 radical (unpaired) electrons. The Morgan fingerprint density at radius 3 is 2.35 bits per heavy atom. The second kappa shape index (κ2) is 6.75. The molecule has 1 rings (SSSR count). The fourth-order valence-corrected chi connectivity index (χ4v) is 2.18. The highest BCUT2D eigenvalue weighted by Gasteiger charge is 2.22. The molecular weight excluding hydrogens is 252 g/mol. The summed E-state index contributed by atoms with van der Waals surface area (Å²) in [5, 5.41) is 9.84. The number of hydrogen-bond donors (Lipinski definition) is 2. The standard InChI is InChI=1S/C16H26N2O2/c1-5-18(11-16(3,4)20)15(19)10-12(2)13-6-8-14(17)9-7-13/h6-9,12,20H,5,10-11,17H2,1-4H3. The van der Waals surface area contributed by atoms with Crippen LogP contribution < -0.4 is 5.73 Å². The molecule has 1 atom stereocenters. The Labute approximate surface area is 121 Å². The minimum absolute atomic E-state index is 0.0685. The largest absolute Gasteiger partial charge is 0.399 e. The maximum Gasteiger partial charge on any atom is 0.223 e. The summed E-state index contributed by atoms with van der Waals surface area (Å²) in [7, 11) is 0. The molecule has 0 fully saturated rings. The number of hydrogen-bond acceptors (Lipinski definition) is 3. The molecule has 4 heteroatoms. The van der Waals surface area contributed by atoms with Gasteiger partial charge in [0.2, 0.25) is 5.91 Å². The Bertz CT molecular complexity index is 435. The molecule has 0 heterocycles. The minimum Gasteiger partial charge on any atom is -0.399 e. The molecule has 20 heavy (non-hydrogen) atoms. The van der Waals surface area contributed by atoms with E-state index in [-0.39, 0.29) is 11.8 Å². The Kier molecular flexibility index (Phi) is 5.57. The van der Waals surface area contributed by atoms with Crippen molar-refractivity contribution in [2.75, 3.05) is 18.8 Å². The summed E-state index contributed by atoms with van der Waals surface area (Å²) in [6.07, 6.45) is 0.438. The lowest BCUT2D eigenvalue weighted by Gasteiger charge is -2.29. The molecule has 3 N–H and O–H groups in total. The van der Waals surface area contributed by atoms with Crippen LogP contribution >= 0.6 is 0 Å². The number of nitrogens with zero attached hydrogens (tertiary/aromatic N) is 1. The van der Waals surface area contributed by atoms with Gasteiger partial charge in [-0.15, -0.1) is 0 Å². The van der Waals surface area contributed by atoms with Gasteiger partial charge in [0.05, 0.1) is 5.60 Å². The molecule has 112 valence electrons. The van der Waals surface area contributed by atoms with Crippen LogP contribution in [0.2, 0.25) is 0 Å². The highest BCUT2D eigenvalue weighted by Crippen LogP contribution is 2.21. The molecule has 0 saturated carbocycles. The van der Waals surface area contributed by atoms with E-state index in [4.69, 9.17) is 5.73 Å². The molecule has 1 aromatic rings. The number of nitrogen functional groups attached to an aromatic ring is 1. The van der Waals surface area contributed by atoms with Crippen LogP contribution in [0.1, 0.15) is 45.6 Å². The summed E-state index contributed by atoms with van der Waals surface area (Å²) in [6, 6.07) is 7.62. The zero-order valence-electron chi connectivity index (χ0n) is 12.9. The van der Waals surface area contributed by atoms with Gasteiger partial charge in [0.15, 0.2) is 0 Å². The highest BCUT2D eigenvalue weighted by atomic mass is 16.3. The Morgan fingerprint density at radius 2 is 1.90 bits per heavy atom. The molecule has 0 saturated heterocycles. The van der Waals surface area contributed by atoms with Gasteiger partial charge in [0.1, 0.15) is 0 Å². The van der Waals surface area contributed by atoms with E-state index in [2.05, 4.69) is 0 Å². The zero-order valence-corrected chi connectivity index (χ0v) is 12.9. The molecule has 1 aromatic carbocycles. The van der Waals surface area contributed by atoms with Gasteiger partial charge >= 0.3 is 0 Å². The molecule has 4 nitrogen and oxygen atoms in total. The van der Waals surface area contributed by atoms with E-state index in [9.17, 15) is 9.90 Å².